The predicted molar refractivity (Wildman–Crippen MR) is 126 cm³/mol. The number of hydrogen-bond donors (Lipinski definition) is 2. The number of allylic oxidation sites excluding steroid dienone is 1. The number of ether oxygens (including phenoxy) is 2. The summed E-state index contributed by atoms with van der Waals surface area (Å²) in [6.07, 6.45) is 0. The van der Waals surface area contributed by atoms with Crippen LogP contribution in [0.4, 0.5) is 0 Å². The van der Waals surface area contributed by atoms with Crippen LogP contribution in [0, 0.1) is 11.3 Å². The van der Waals surface area contributed by atoms with Crippen molar-refractivity contribution in [2.24, 2.45) is 5.73 Å². The largest absolute Gasteiger partial charge is 0.489 e. The highest BCUT2D eigenvalue weighted by Gasteiger charge is 2.35. The van der Waals surface area contributed by atoms with Crippen LogP contribution in [0.2, 0.25) is 5.02 Å². The maximum Gasteiger partial charge on any atom is 0.244 e. The third-order valence-corrected chi connectivity index (χ3v) is 5.79. The maximum atomic E-state index is 9.87. The normalized spacial score (nSPS) is 14.8. The summed E-state index contributed by atoms with van der Waals surface area (Å²) in [6, 6.07) is 27.2. The predicted octanol–water partition coefficient (Wildman–Crippen LogP) is 5.53. The molecule has 0 radical (unpaired) electrons. The van der Waals surface area contributed by atoms with Gasteiger partial charge in [0.05, 0.1) is 17.2 Å². The number of H-pyrrole nitrogens is 1. The molecule has 162 valence electrons. The first-order chi connectivity index (χ1) is 16.1. The average molecular weight is 455 g/mol. The molecule has 2 heterocycles. The summed E-state index contributed by atoms with van der Waals surface area (Å²) < 4.78 is 11.6. The van der Waals surface area contributed by atoms with Crippen molar-refractivity contribution >= 4 is 11.6 Å². The Morgan fingerprint density at radius 1 is 1.03 bits per heavy atom. The Morgan fingerprint density at radius 2 is 1.76 bits per heavy atom. The molecule has 0 spiro atoms. The molecule has 0 saturated carbocycles. The zero-order valence-electron chi connectivity index (χ0n) is 17.5. The number of rotatable bonds is 5. The second-order valence-electron chi connectivity index (χ2n) is 7.59. The third kappa shape index (κ3) is 4.02. The van der Waals surface area contributed by atoms with Crippen LogP contribution in [0.3, 0.4) is 0 Å². The molecule has 0 saturated heterocycles. The Morgan fingerprint density at radius 3 is 2.45 bits per heavy atom. The van der Waals surface area contributed by atoms with Crippen molar-refractivity contribution in [3.8, 4) is 29.0 Å². The first-order valence-electron chi connectivity index (χ1n) is 10.3. The van der Waals surface area contributed by atoms with E-state index in [1.807, 2.05) is 78.9 Å². The van der Waals surface area contributed by atoms with E-state index in [1.54, 1.807) is 0 Å². The SMILES string of the molecule is N#CC1=C(N)Oc2n[nH]c(-c3ccccc3)c2[C@@H]1c1ccc(OCc2ccc(Cl)cc2)cc1. The number of nitrogens with zero attached hydrogens (tertiary/aromatic N) is 2. The van der Waals surface area contributed by atoms with Gasteiger partial charge < -0.3 is 15.2 Å². The number of nitrogens with one attached hydrogen (secondary N) is 1. The van der Waals surface area contributed by atoms with Crippen molar-refractivity contribution in [3.63, 3.8) is 0 Å². The van der Waals surface area contributed by atoms with Gasteiger partial charge in [0.2, 0.25) is 11.8 Å². The van der Waals surface area contributed by atoms with E-state index in [0.29, 0.717) is 28.8 Å². The monoisotopic (exact) mass is 454 g/mol. The number of hydrogen-bond acceptors (Lipinski definition) is 5. The lowest BCUT2D eigenvalue weighted by atomic mass is 9.83. The smallest absolute Gasteiger partial charge is 0.244 e. The quantitative estimate of drug-likeness (QED) is 0.413. The van der Waals surface area contributed by atoms with E-state index in [1.165, 1.54) is 0 Å². The molecule has 1 aliphatic heterocycles. The van der Waals surface area contributed by atoms with E-state index < -0.39 is 5.92 Å². The van der Waals surface area contributed by atoms with Gasteiger partial charge in [0.15, 0.2) is 0 Å². The average Bonchev–Trinajstić information content (AvgIpc) is 3.27. The van der Waals surface area contributed by atoms with Crippen molar-refractivity contribution in [2.45, 2.75) is 12.5 Å². The fraction of sp³-hybridized carbons (Fsp3) is 0.0769. The summed E-state index contributed by atoms with van der Waals surface area (Å²) >= 11 is 5.94. The molecule has 0 aliphatic carbocycles. The third-order valence-electron chi connectivity index (χ3n) is 5.53. The summed E-state index contributed by atoms with van der Waals surface area (Å²) in [6.45, 7) is 0.425. The van der Waals surface area contributed by atoms with Crippen LogP contribution in [0.5, 0.6) is 11.6 Å². The van der Waals surface area contributed by atoms with E-state index in [9.17, 15) is 5.26 Å². The molecule has 1 atom stereocenters. The van der Waals surface area contributed by atoms with Crippen molar-refractivity contribution in [1.82, 2.24) is 10.2 Å². The fourth-order valence-corrected chi connectivity index (χ4v) is 4.03. The lowest BCUT2D eigenvalue weighted by Crippen LogP contribution is -2.21. The van der Waals surface area contributed by atoms with Gasteiger partial charge >= 0.3 is 0 Å². The Labute approximate surface area is 195 Å². The molecule has 3 N–H and O–H groups in total. The second kappa shape index (κ2) is 8.73. The molecule has 0 fully saturated rings. The van der Waals surface area contributed by atoms with Crippen LogP contribution in [-0.2, 0) is 6.61 Å². The summed E-state index contributed by atoms with van der Waals surface area (Å²) in [7, 11) is 0. The Hall–Kier alpha value is -4.21. The van der Waals surface area contributed by atoms with Crippen molar-refractivity contribution in [3.05, 3.63) is 112 Å². The number of halogens is 1. The molecule has 5 rings (SSSR count). The molecule has 0 amide bonds. The van der Waals surface area contributed by atoms with Gasteiger partial charge in [-0.05, 0) is 41.0 Å². The number of benzene rings is 3. The second-order valence-corrected chi connectivity index (χ2v) is 8.03. The zero-order valence-corrected chi connectivity index (χ0v) is 18.2. The molecule has 0 bridgehead atoms. The number of fused-ring (bicyclic) bond motifs is 1. The minimum Gasteiger partial charge on any atom is -0.489 e. The highest BCUT2D eigenvalue weighted by atomic mass is 35.5. The molecule has 1 aliphatic rings. The standard InChI is InChI=1S/C26H19ClN4O2/c27-19-10-6-16(7-11-19)15-32-20-12-8-17(9-13-20)22-21(14-28)25(29)33-26-23(22)24(30-31-26)18-4-2-1-3-5-18/h1-13,22H,15,29H2,(H,30,31)/t22-/m1/s1. The van der Waals surface area contributed by atoms with Gasteiger partial charge in [0, 0.05) is 5.02 Å². The molecule has 7 heteroatoms. The maximum absolute atomic E-state index is 9.87. The summed E-state index contributed by atoms with van der Waals surface area (Å²) in [5.41, 5.74) is 10.8. The van der Waals surface area contributed by atoms with E-state index >= 15 is 0 Å². The van der Waals surface area contributed by atoms with Crippen LogP contribution in [0.25, 0.3) is 11.3 Å². The number of aromatic nitrogens is 2. The first kappa shape index (κ1) is 20.7. The van der Waals surface area contributed by atoms with Gasteiger partial charge in [-0.2, -0.15) is 5.26 Å². The van der Waals surface area contributed by atoms with Gasteiger partial charge in [-0.25, -0.2) is 0 Å². The lowest BCUT2D eigenvalue weighted by molar-refractivity contribution is 0.306. The van der Waals surface area contributed by atoms with Gasteiger partial charge in [-0.15, -0.1) is 5.10 Å². The summed E-state index contributed by atoms with van der Waals surface area (Å²) in [5.74, 6) is 0.729. The lowest BCUT2D eigenvalue weighted by Gasteiger charge is -2.24. The minimum absolute atomic E-state index is 0.0594. The Bertz CT molecular complexity index is 1350. The van der Waals surface area contributed by atoms with E-state index in [4.69, 9.17) is 26.8 Å². The van der Waals surface area contributed by atoms with Gasteiger partial charge in [0.1, 0.15) is 24.0 Å². The van der Waals surface area contributed by atoms with Gasteiger partial charge in [-0.3, -0.25) is 5.10 Å². The number of nitrogens with two attached hydrogens (primary N) is 1. The zero-order chi connectivity index (χ0) is 22.8. The van der Waals surface area contributed by atoms with Gasteiger partial charge in [0.25, 0.3) is 0 Å². The van der Waals surface area contributed by atoms with Crippen LogP contribution in [-0.4, -0.2) is 10.2 Å². The molecular weight excluding hydrogens is 436 g/mol. The Balaban J connectivity index is 1.47. The van der Waals surface area contributed by atoms with E-state index in [-0.39, 0.29) is 5.88 Å². The molecular formula is C26H19ClN4O2. The van der Waals surface area contributed by atoms with Crippen LogP contribution < -0.4 is 15.2 Å². The van der Waals surface area contributed by atoms with Crippen molar-refractivity contribution in [2.75, 3.05) is 0 Å². The summed E-state index contributed by atoms with van der Waals surface area (Å²) in [4.78, 5) is 0. The number of nitriles is 1. The molecule has 4 aromatic rings. The molecule has 6 nitrogen and oxygen atoms in total. The van der Waals surface area contributed by atoms with Gasteiger partial charge in [-0.1, -0.05) is 66.2 Å². The van der Waals surface area contributed by atoms with E-state index in [2.05, 4.69) is 16.3 Å². The fourth-order valence-electron chi connectivity index (χ4n) is 3.91. The van der Waals surface area contributed by atoms with Crippen LogP contribution in [0.15, 0.2) is 90.3 Å². The molecule has 33 heavy (non-hydrogen) atoms. The van der Waals surface area contributed by atoms with E-state index in [0.717, 1.165) is 27.9 Å². The minimum atomic E-state index is -0.418. The van der Waals surface area contributed by atoms with Crippen LogP contribution >= 0.6 is 11.6 Å². The highest BCUT2D eigenvalue weighted by molar-refractivity contribution is 6.30. The topological polar surface area (TPSA) is 97.0 Å². The molecule has 1 aromatic heterocycles. The highest BCUT2D eigenvalue weighted by Crippen LogP contribution is 2.45. The Kier molecular flexibility index (Phi) is 5.47. The first-order valence-corrected chi connectivity index (χ1v) is 10.7. The van der Waals surface area contributed by atoms with Crippen molar-refractivity contribution < 1.29 is 9.47 Å². The number of aromatic amines is 1. The van der Waals surface area contributed by atoms with Crippen LogP contribution in [0.1, 0.15) is 22.6 Å². The molecule has 3 aromatic carbocycles. The summed E-state index contributed by atoms with van der Waals surface area (Å²) in [5, 5.41) is 17.9. The molecule has 0 unspecified atom stereocenters. The van der Waals surface area contributed by atoms with Crippen molar-refractivity contribution in [1.29, 1.82) is 5.26 Å².